The number of amides is 2. The topological polar surface area (TPSA) is 102 Å². The zero-order valence-electron chi connectivity index (χ0n) is 18.7. The predicted octanol–water partition coefficient (Wildman–Crippen LogP) is 6.51. The molecule has 4 rings (SSSR count). The molecule has 0 atom stereocenters. The van der Waals surface area contributed by atoms with Gasteiger partial charge in [0.2, 0.25) is 0 Å². The largest absolute Gasteiger partial charge is 0.493 e. The highest BCUT2D eigenvalue weighted by atomic mass is 79.9. The molecule has 184 valence electrons. The molecule has 1 heterocycles. The number of rotatable bonds is 8. The first-order valence-electron chi connectivity index (χ1n) is 10.4. The number of nitrogens with zero attached hydrogens (tertiary/aromatic N) is 1. The summed E-state index contributed by atoms with van der Waals surface area (Å²) in [6.07, 6.45) is 1.45. The van der Waals surface area contributed by atoms with E-state index in [2.05, 4.69) is 63.6 Å². The average Bonchev–Trinajstić information content (AvgIpc) is 3.28. The fourth-order valence-corrected chi connectivity index (χ4v) is 5.13. The Labute approximate surface area is 231 Å². The van der Waals surface area contributed by atoms with Crippen LogP contribution in [0.1, 0.15) is 16.1 Å². The summed E-state index contributed by atoms with van der Waals surface area (Å²) in [7, 11) is 1.49. The summed E-state index contributed by atoms with van der Waals surface area (Å²) in [5.74, 6) is 0.0601. The number of halogens is 3. The monoisotopic (exact) mass is 677 g/mol. The number of hydrogen-bond acceptors (Lipinski definition) is 6. The van der Waals surface area contributed by atoms with E-state index in [0.29, 0.717) is 32.8 Å². The van der Waals surface area contributed by atoms with Gasteiger partial charge in [0.15, 0.2) is 23.9 Å². The molecular weight excluding hydrogens is 662 g/mol. The van der Waals surface area contributed by atoms with E-state index in [1.165, 1.54) is 13.3 Å². The second-order valence-corrected chi connectivity index (χ2v) is 9.98. The van der Waals surface area contributed by atoms with E-state index in [-0.39, 0.29) is 18.3 Å². The molecule has 0 spiro atoms. The van der Waals surface area contributed by atoms with Gasteiger partial charge in [0.25, 0.3) is 5.91 Å². The molecule has 3 aromatic carbocycles. The van der Waals surface area contributed by atoms with E-state index in [1.807, 2.05) is 30.3 Å². The standard InChI is InChI=1S/C25H18Br3N3O5/c1-34-20-8-14(7-18(27)24(20)35-13-22(32)30-17-5-3-2-4-6-17)12-29-31-25(33)21-10-15-9-16(26)11-19(28)23(15)36-21/h2-12H,13H2,1H3,(H,30,32)(H,31,33)/b29-12-. The lowest BCUT2D eigenvalue weighted by Crippen LogP contribution is -2.20. The molecule has 0 saturated heterocycles. The fourth-order valence-electron chi connectivity index (χ4n) is 3.22. The number of fused-ring (bicyclic) bond motifs is 1. The Morgan fingerprint density at radius 1 is 1.03 bits per heavy atom. The van der Waals surface area contributed by atoms with Gasteiger partial charge in [-0.05, 0) is 79.9 Å². The van der Waals surface area contributed by atoms with Crippen molar-refractivity contribution in [2.75, 3.05) is 19.0 Å². The first-order valence-corrected chi connectivity index (χ1v) is 12.8. The summed E-state index contributed by atoms with van der Waals surface area (Å²) in [5, 5.41) is 7.53. The lowest BCUT2D eigenvalue weighted by molar-refractivity contribution is -0.118. The zero-order chi connectivity index (χ0) is 25.7. The molecule has 8 nitrogen and oxygen atoms in total. The molecule has 0 fully saturated rings. The molecule has 0 aliphatic carbocycles. The summed E-state index contributed by atoms with van der Waals surface area (Å²) < 4.78 is 18.9. The maximum absolute atomic E-state index is 12.5. The molecule has 4 aromatic rings. The van der Waals surface area contributed by atoms with Crippen molar-refractivity contribution in [3.63, 3.8) is 0 Å². The molecule has 0 saturated carbocycles. The van der Waals surface area contributed by atoms with Crippen molar-refractivity contribution in [3.05, 3.63) is 85.4 Å². The highest BCUT2D eigenvalue weighted by Gasteiger charge is 2.15. The Hall–Kier alpha value is -3.15. The van der Waals surface area contributed by atoms with Gasteiger partial charge in [-0.1, -0.05) is 34.1 Å². The lowest BCUT2D eigenvalue weighted by Gasteiger charge is -2.13. The van der Waals surface area contributed by atoms with Gasteiger partial charge >= 0.3 is 5.91 Å². The SMILES string of the molecule is COc1cc(/C=N\NC(=O)c2cc3cc(Br)cc(Br)c3o2)cc(Br)c1OCC(=O)Nc1ccccc1. The third kappa shape index (κ3) is 6.34. The lowest BCUT2D eigenvalue weighted by atomic mass is 10.2. The number of hydrogen-bond donors (Lipinski definition) is 2. The van der Waals surface area contributed by atoms with Crippen LogP contribution in [0.15, 0.2) is 83.6 Å². The van der Waals surface area contributed by atoms with Gasteiger partial charge in [0, 0.05) is 15.5 Å². The molecule has 1 aromatic heterocycles. The van der Waals surface area contributed by atoms with Crippen LogP contribution in [-0.2, 0) is 4.79 Å². The van der Waals surface area contributed by atoms with Crippen molar-refractivity contribution in [2.24, 2.45) is 5.10 Å². The Bertz CT molecular complexity index is 1450. The molecule has 2 N–H and O–H groups in total. The number of anilines is 1. The van der Waals surface area contributed by atoms with Crippen LogP contribution in [0.25, 0.3) is 11.0 Å². The zero-order valence-corrected chi connectivity index (χ0v) is 23.4. The van der Waals surface area contributed by atoms with E-state index >= 15 is 0 Å². The molecule has 0 aliphatic heterocycles. The van der Waals surface area contributed by atoms with Crippen LogP contribution in [-0.4, -0.2) is 31.7 Å². The van der Waals surface area contributed by atoms with Crippen LogP contribution in [0.2, 0.25) is 0 Å². The molecule has 0 radical (unpaired) electrons. The first kappa shape index (κ1) is 25.9. The Morgan fingerprint density at radius 2 is 1.81 bits per heavy atom. The van der Waals surface area contributed by atoms with Gasteiger partial charge in [-0.15, -0.1) is 0 Å². The summed E-state index contributed by atoms with van der Waals surface area (Å²) in [4.78, 5) is 24.7. The third-order valence-corrected chi connectivity index (χ3v) is 6.43. The fraction of sp³-hybridized carbons (Fsp3) is 0.0800. The molecule has 0 bridgehead atoms. The summed E-state index contributed by atoms with van der Waals surface area (Å²) in [6.45, 7) is -0.211. The van der Waals surface area contributed by atoms with Gasteiger partial charge in [-0.2, -0.15) is 5.10 Å². The molecule has 0 unspecified atom stereocenters. The number of carbonyl (C=O) groups is 2. The minimum absolute atomic E-state index is 0.122. The number of furan rings is 1. The smallest absolute Gasteiger partial charge is 0.307 e. The van der Waals surface area contributed by atoms with Gasteiger partial charge in [-0.25, -0.2) is 5.43 Å². The van der Waals surface area contributed by atoms with E-state index in [9.17, 15) is 9.59 Å². The van der Waals surface area contributed by atoms with Crippen molar-refractivity contribution in [2.45, 2.75) is 0 Å². The maximum atomic E-state index is 12.5. The number of benzene rings is 3. The van der Waals surface area contributed by atoms with E-state index in [4.69, 9.17) is 13.9 Å². The normalized spacial score (nSPS) is 11.0. The number of nitrogens with one attached hydrogen (secondary N) is 2. The Balaban J connectivity index is 1.40. The number of ether oxygens (including phenoxy) is 2. The summed E-state index contributed by atoms with van der Waals surface area (Å²) in [6, 6.07) is 17.8. The first-order chi connectivity index (χ1) is 17.3. The number of para-hydroxylation sites is 1. The predicted molar refractivity (Wildman–Crippen MR) is 148 cm³/mol. The number of methoxy groups -OCH3 is 1. The van der Waals surface area contributed by atoms with E-state index in [0.717, 1.165) is 14.3 Å². The summed E-state index contributed by atoms with van der Waals surface area (Å²) >= 11 is 10.3. The average molecular weight is 680 g/mol. The third-order valence-electron chi connectivity index (χ3n) is 4.80. The van der Waals surface area contributed by atoms with Gasteiger partial charge in [0.1, 0.15) is 5.58 Å². The van der Waals surface area contributed by atoms with Crippen molar-refractivity contribution >= 4 is 82.5 Å². The van der Waals surface area contributed by atoms with E-state index < -0.39 is 5.91 Å². The van der Waals surface area contributed by atoms with Crippen LogP contribution in [0.3, 0.4) is 0 Å². The van der Waals surface area contributed by atoms with Crippen molar-refractivity contribution < 1.29 is 23.5 Å². The van der Waals surface area contributed by atoms with Crippen LogP contribution >= 0.6 is 47.8 Å². The highest BCUT2D eigenvalue weighted by Crippen LogP contribution is 2.36. The number of carbonyl (C=O) groups excluding carboxylic acids is 2. The molecule has 0 aliphatic rings. The number of hydrazone groups is 1. The van der Waals surface area contributed by atoms with Crippen LogP contribution in [0.5, 0.6) is 11.5 Å². The van der Waals surface area contributed by atoms with Crippen LogP contribution < -0.4 is 20.2 Å². The quantitative estimate of drug-likeness (QED) is 0.163. The van der Waals surface area contributed by atoms with Gasteiger partial charge in [0.05, 0.1) is 22.3 Å². The van der Waals surface area contributed by atoms with Gasteiger partial charge in [-0.3, -0.25) is 9.59 Å². The molecule has 2 amide bonds. The van der Waals surface area contributed by atoms with Crippen molar-refractivity contribution in [1.29, 1.82) is 0 Å². The second kappa shape index (κ2) is 11.7. The van der Waals surface area contributed by atoms with Gasteiger partial charge < -0.3 is 19.2 Å². The minimum atomic E-state index is -0.499. The minimum Gasteiger partial charge on any atom is -0.493 e. The molecular formula is C25H18Br3N3O5. The Kier molecular flexibility index (Phi) is 8.44. The Morgan fingerprint density at radius 3 is 2.56 bits per heavy atom. The van der Waals surface area contributed by atoms with Crippen molar-refractivity contribution in [3.8, 4) is 11.5 Å². The van der Waals surface area contributed by atoms with E-state index in [1.54, 1.807) is 30.3 Å². The highest BCUT2D eigenvalue weighted by molar-refractivity contribution is 9.11. The molecule has 36 heavy (non-hydrogen) atoms. The molecule has 11 heteroatoms. The van der Waals surface area contributed by atoms with Crippen molar-refractivity contribution in [1.82, 2.24) is 5.43 Å². The van der Waals surface area contributed by atoms with Crippen LogP contribution in [0, 0.1) is 0 Å². The maximum Gasteiger partial charge on any atom is 0.307 e. The summed E-state index contributed by atoms with van der Waals surface area (Å²) in [5.41, 5.74) is 4.31. The van der Waals surface area contributed by atoms with Crippen LogP contribution in [0.4, 0.5) is 5.69 Å². The second-order valence-electron chi connectivity index (χ2n) is 7.35.